The normalized spacial score (nSPS) is 10.4. The highest BCUT2D eigenvalue weighted by Gasteiger charge is 2.19. The van der Waals surface area contributed by atoms with Crippen molar-refractivity contribution in [1.29, 1.82) is 0 Å². The second kappa shape index (κ2) is 10.4. The van der Waals surface area contributed by atoms with E-state index in [1.54, 1.807) is 31.4 Å². The Bertz CT molecular complexity index is 1150. The number of methoxy groups -OCH3 is 2. The number of furan rings is 1. The van der Waals surface area contributed by atoms with Gasteiger partial charge < -0.3 is 23.2 Å². The summed E-state index contributed by atoms with van der Waals surface area (Å²) in [5.41, 5.74) is 6.60. The van der Waals surface area contributed by atoms with Crippen molar-refractivity contribution >= 4 is 17.8 Å². The highest BCUT2D eigenvalue weighted by Crippen LogP contribution is 2.27. The van der Waals surface area contributed by atoms with Gasteiger partial charge in [-0.25, -0.2) is 4.79 Å². The molecule has 0 unspecified atom stereocenters. The number of aromatic nitrogens is 1. The maximum atomic E-state index is 12.5. The Morgan fingerprint density at radius 1 is 1.00 bits per heavy atom. The molecule has 2 aromatic heterocycles. The van der Waals surface area contributed by atoms with E-state index in [9.17, 15) is 14.4 Å². The third-order valence-corrected chi connectivity index (χ3v) is 4.98. The molecule has 3 aromatic rings. The molecule has 0 saturated carbocycles. The summed E-state index contributed by atoms with van der Waals surface area (Å²) in [5.74, 6) is -0.321. The topological polar surface area (TPSA) is 121 Å². The van der Waals surface area contributed by atoms with Gasteiger partial charge in [-0.1, -0.05) is 0 Å². The van der Waals surface area contributed by atoms with Crippen molar-refractivity contribution < 1.29 is 33.0 Å². The van der Waals surface area contributed by atoms with Crippen LogP contribution in [-0.2, 0) is 16.1 Å². The van der Waals surface area contributed by atoms with Crippen LogP contribution >= 0.6 is 0 Å². The molecule has 2 amide bonds. The molecule has 10 heteroatoms. The number of esters is 1. The predicted octanol–water partition coefficient (Wildman–Crippen LogP) is 2.38. The maximum absolute atomic E-state index is 12.5. The highest BCUT2D eigenvalue weighted by molar-refractivity contribution is 5.96. The fraction of sp³-hybridized carbons (Fsp3) is 0.261. The summed E-state index contributed by atoms with van der Waals surface area (Å²) in [7, 11) is 2.93. The quantitative estimate of drug-likeness (QED) is 0.395. The largest absolute Gasteiger partial charge is 0.493 e. The molecular formula is C23H25N3O7. The van der Waals surface area contributed by atoms with Gasteiger partial charge in [0, 0.05) is 17.0 Å². The molecule has 0 fully saturated rings. The molecule has 3 rings (SSSR count). The van der Waals surface area contributed by atoms with E-state index in [1.165, 1.54) is 26.4 Å². The van der Waals surface area contributed by atoms with Crippen molar-refractivity contribution in [2.24, 2.45) is 0 Å². The number of aryl methyl sites for hydroxylation is 1. The zero-order chi connectivity index (χ0) is 24.0. The van der Waals surface area contributed by atoms with E-state index in [-0.39, 0.29) is 5.56 Å². The molecule has 0 radical (unpaired) electrons. The molecule has 0 aliphatic rings. The van der Waals surface area contributed by atoms with Gasteiger partial charge in [0.2, 0.25) is 0 Å². The molecule has 0 spiro atoms. The van der Waals surface area contributed by atoms with Gasteiger partial charge in [0.25, 0.3) is 11.8 Å². The van der Waals surface area contributed by atoms with Crippen molar-refractivity contribution in [3.05, 3.63) is 70.9 Å². The Kier molecular flexibility index (Phi) is 7.39. The molecule has 0 atom stereocenters. The number of hydrogen-bond donors (Lipinski definition) is 2. The minimum Gasteiger partial charge on any atom is -0.493 e. The molecule has 33 heavy (non-hydrogen) atoms. The van der Waals surface area contributed by atoms with Gasteiger partial charge >= 0.3 is 5.97 Å². The van der Waals surface area contributed by atoms with Gasteiger partial charge in [-0.3, -0.25) is 20.4 Å². The van der Waals surface area contributed by atoms with Gasteiger partial charge in [0.05, 0.1) is 32.6 Å². The molecular weight excluding hydrogens is 430 g/mol. The molecule has 0 saturated heterocycles. The van der Waals surface area contributed by atoms with E-state index in [1.807, 2.05) is 17.6 Å². The third kappa shape index (κ3) is 5.53. The van der Waals surface area contributed by atoms with Gasteiger partial charge in [0.1, 0.15) is 5.76 Å². The Morgan fingerprint density at radius 2 is 1.76 bits per heavy atom. The molecule has 10 nitrogen and oxygen atoms in total. The molecule has 2 N–H and O–H groups in total. The Balaban J connectivity index is 1.53. The zero-order valence-electron chi connectivity index (χ0n) is 18.8. The van der Waals surface area contributed by atoms with Gasteiger partial charge in [-0.15, -0.1) is 0 Å². The van der Waals surface area contributed by atoms with E-state index in [0.717, 1.165) is 11.5 Å². The van der Waals surface area contributed by atoms with Crippen molar-refractivity contribution in [3.8, 4) is 11.5 Å². The predicted molar refractivity (Wildman–Crippen MR) is 117 cm³/mol. The first kappa shape index (κ1) is 23.5. The number of ether oxygens (including phenoxy) is 3. The Labute approximate surface area is 190 Å². The molecule has 174 valence electrons. The van der Waals surface area contributed by atoms with Crippen LogP contribution in [0.3, 0.4) is 0 Å². The van der Waals surface area contributed by atoms with Crippen molar-refractivity contribution in [1.82, 2.24) is 15.4 Å². The van der Waals surface area contributed by atoms with Gasteiger partial charge in [-0.05, 0) is 50.2 Å². The average molecular weight is 455 g/mol. The zero-order valence-corrected chi connectivity index (χ0v) is 18.8. The Hall–Kier alpha value is -4.21. The maximum Gasteiger partial charge on any atom is 0.340 e. The SMILES string of the molecule is COc1ccc(C(=O)NNC(=O)COC(=O)c2cc(C)n(Cc3ccco3)c2C)cc1OC. The lowest BCUT2D eigenvalue weighted by atomic mass is 10.2. The van der Waals surface area contributed by atoms with E-state index in [4.69, 9.17) is 18.6 Å². The van der Waals surface area contributed by atoms with Crippen LogP contribution < -0.4 is 20.3 Å². The molecule has 1 aromatic carbocycles. The lowest BCUT2D eigenvalue weighted by Gasteiger charge is -2.11. The minimum absolute atomic E-state index is 0.244. The second-order valence-corrected chi connectivity index (χ2v) is 7.10. The first-order valence-corrected chi connectivity index (χ1v) is 10.0. The molecule has 0 aliphatic carbocycles. The smallest absolute Gasteiger partial charge is 0.340 e. The summed E-state index contributed by atoms with van der Waals surface area (Å²) in [5, 5.41) is 0. The number of hydrazine groups is 1. The summed E-state index contributed by atoms with van der Waals surface area (Å²) < 4.78 is 22.7. The fourth-order valence-corrected chi connectivity index (χ4v) is 3.23. The van der Waals surface area contributed by atoms with E-state index in [0.29, 0.717) is 29.3 Å². The van der Waals surface area contributed by atoms with Crippen molar-refractivity contribution in [2.45, 2.75) is 20.4 Å². The Morgan fingerprint density at radius 3 is 2.42 bits per heavy atom. The van der Waals surface area contributed by atoms with Crippen LogP contribution in [-0.4, -0.2) is 43.2 Å². The fourth-order valence-electron chi connectivity index (χ4n) is 3.23. The number of carbonyl (C=O) groups is 3. The van der Waals surface area contributed by atoms with Crippen molar-refractivity contribution in [3.63, 3.8) is 0 Å². The van der Waals surface area contributed by atoms with Crippen LogP contribution in [0.2, 0.25) is 0 Å². The first-order chi connectivity index (χ1) is 15.8. The number of hydrogen-bond acceptors (Lipinski definition) is 7. The first-order valence-electron chi connectivity index (χ1n) is 10.0. The van der Waals surface area contributed by atoms with Crippen LogP contribution in [0, 0.1) is 13.8 Å². The standard InChI is InChI=1S/C23H25N3O7/c1-14-10-18(15(2)26(14)12-17-6-5-9-32-17)23(29)33-13-21(27)24-25-22(28)16-7-8-19(30-3)20(11-16)31-4/h5-11H,12-13H2,1-4H3,(H,24,27)(H,25,28). The van der Waals surface area contributed by atoms with Gasteiger partial charge in [0.15, 0.2) is 18.1 Å². The van der Waals surface area contributed by atoms with Crippen LogP contribution in [0.25, 0.3) is 0 Å². The minimum atomic E-state index is -0.693. The van der Waals surface area contributed by atoms with E-state index in [2.05, 4.69) is 10.9 Å². The van der Waals surface area contributed by atoms with Crippen LogP contribution in [0.1, 0.15) is 37.9 Å². The average Bonchev–Trinajstić information content (AvgIpc) is 3.44. The number of nitrogens with zero attached hydrogens (tertiary/aromatic N) is 1. The molecule has 2 heterocycles. The summed E-state index contributed by atoms with van der Waals surface area (Å²) >= 11 is 0. The summed E-state index contributed by atoms with van der Waals surface area (Å²) in [6, 6.07) is 9.88. The van der Waals surface area contributed by atoms with Gasteiger partial charge in [-0.2, -0.15) is 0 Å². The number of benzene rings is 1. The van der Waals surface area contributed by atoms with Crippen LogP contribution in [0.15, 0.2) is 47.1 Å². The van der Waals surface area contributed by atoms with Crippen LogP contribution in [0.4, 0.5) is 0 Å². The summed E-state index contributed by atoms with van der Waals surface area (Å²) in [6.07, 6.45) is 1.58. The number of nitrogens with one attached hydrogen (secondary N) is 2. The summed E-state index contributed by atoms with van der Waals surface area (Å²) in [4.78, 5) is 36.8. The van der Waals surface area contributed by atoms with Crippen LogP contribution in [0.5, 0.6) is 11.5 Å². The second-order valence-electron chi connectivity index (χ2n) is 7.10. The number of rotatable bonds is 8. The van der Waals surface area contributed by atoms with E-state index >= 15 is 0 Å². The lowest BCUT2D eigenvalue weighted by molar-refractivity contribution is -0.125. The third-order valence-electron chi connectivity index (χ3n) is 4.98. The monoisotopic (exact) mass is 455 g/mol. The van der Waals surface area contributed by atoms with E-state index < -0.39 is 24.4 Å². The summed E-state index contributed by atoms with van der Waals surface area (Å²) in [6.45, 7) is 3.56. The number of amides is 2. The van der Waals surface area contributed by atoms with Crippen molar-refractivity contribution in [2.75, 3.05) is 20.8 Å². The molecule has 0 bridgehead atoms. The highest BCUT2D eigenvalue weighted by atomic mass is 16.5. The molecule has 0 aliphatic heterocycles. The lowest BCUT2D eigenvalue weighted by Crippen LogP contribution is -2.43. The number of carbonyl (C=O) groups excluding carboxylic acids is 3.